The molecule has 3 atom stereocenters. The second kappa shape index (κ2) is 13.0. The van der Waals surface area contributed by atoms with Crippen molar-refractivity contribution < 1.29 is 19.0 Å². The van der Waals surface area contributed by atoms with Crippen molar-refractivity contribution in [3.05, 3.63) is 53.7 Å². The zero-order valence-electron chi connectivity index (χ0n) is 20.2. The fourth-order valence-corrected chi connectivity index (χ4v) is 5.34. The van der Waals surface area contributed by atoms with E-state index >= 15 is 4.39 Å². The SMILES string of the molecule is COc1ccc2cccc(C(O)CN3CC[C@@H](NCc4ccc5c(n4)NC(=O)CS5)[C@@H](F)C3)c2n1.Cl.Cl. The summed E-state index contributed by atoms with van der Waals surface area (Å²) in [5.41, 5.74) is 2.16. The zero-order valence-corrected chi connectivity index (χ0v) is 22.7. The fraction of sp³-hybridized carbons (Fsp3) is 0.400. The number of β-amino-alcohol motifs (C(OH)–C–C–N with tert-alkyl or cyclic N) is 1. The van der Waals surface area contributed by atoms with Gasteiger partial charge in [-0.25, -0.2) is 14.4 Å². The van der Waals surface area contributed by atoms with E-state index in [0.717, 1.165) is 16.0 Å². The molecule has 37 heavy (non-hydrogen) atoms. The van der Waals surface area contributed by atoms with Crippen LogP contribution in [0.5, 0.6) is 5.88 Å². The van der Waals surface area contributed by atoms with E-state index in [1.165, 1.54) is 11.8 Å². The molecular weight excluding hydrogens is 540 g/mol. The van der Waals surface area contributed by atoms with E-state index in [0.29, 0.717) is 54.6 Å². The number of methoxy groups -OCH3 is 1. The number of para-hydroxylation sites is 1. The van der Waals surface area contributed by atoms with Crippen LogP contribution >= 0.6 is 36.6 Å². The number of likely N-dealkylation sites (tertiary alicyclic amines) is 1. The number of carbonyl (C=O) groups is 1. The number of hydrogen-bond acceptors (Lipinski definition) is 8. The van der Waals surface area contributed by atoms with Crippen LogP contribution in [0.15, 0.2) is 47.4 Å². The number of rotatable bonds is 7. The minimum atomic E-state index is -1.07. The number of fused-ring (bicyclic) bond motifs is 2. The summed E-state index contributed by atoms with van der Waals surface area (Å²) >= 11 is 1.47. The number of aliphatic hydroxyl groups excluding tert-OH is 1. The Morgan fingerprint density at radius 3 is 2.86 bits per heavy atom. The Balaban J connectivity index is 0.00000190. The van der Waals surface area contributed by atoms with Gasteiger partial charge in [-0.05, 0) is 31.2 Å². The third kappa shape index (κ3) is 6.81. The summed E-state index contributed by atoms with van der Waals surface area (Å²) in [5.74, 6) is 1.40. The molecule has 0 spiro atoms. The van der Waals surface area contributed by atoms with Gasteiger partial charge >= 0.3 is 0 Å². The van der Waals surface area contributed by atoms with Crippen molar-refractivity contribution in [1.29, 1.82) is 0 Å². The summed E-state index contributed by atoms with van der Waals surface area (Å²) in [7, 11) is 1.56. The summed E-state index contributed by atoms with van der Waals surface area (Å²) in [5, 5.41) is 17.9. The molecule has 0 bridgehead atoms. The van der Waals surface area contributed by atoms with Gasteiger partial charge in [0.1, 0.15) is 12.0 Å². The van der Waals surface area contributed by atoms with E-state index in [1.807, 2.05) is 41.3 Å². The molecule has 0 saturated carbocycles. The van der Waals surface area contributed by atoms with Gasteiger partial charge in [0, 0.05) is 42.7 Å². The highest BCUT2D eigenvalue weighted by molar-refractivity contribution is 8.00. The van der Waals surface area contributed by atoms with Gasteiger partial charge in [-0.15, -0.1) is 36.6 Å². The first-order valence-electron chi connectivity index (χ1n) is 11.6. The summed E-state index contributed by atoms with van der Waals surface area (Å²) in [6.45, 7) is 1.65. The van der Waals surface area contributed by atoms with Gasteiger partial charge in [0.15, 0.2) is 0 Å². The largest absolute Gasteiger partial charge is 0.481 e. The number of halogens is 3. The number of hydrogen-bond donors (Lipinski definition) is 3. The summed E-state index contributed by atoms with van der Waals surface area (Å²) in [4.78, 5) is 23.5. The molecule has 2 aliphatic rings. The number of pyridine rings is 2. The number of aromatic nitrogens is 2. The average Bonchev–Trinajstić information content (AvgIpc) is 2.87. The minimum Gasteiger partial charge on any atom is -0.481 e. The van der Waals surface area contributed by atoms with E-state index in [-0.39, 0.29) is 43.3 Å². The van der Waals surface area contributed by atoms with Crippen molar-refractivity contribution in [3.63, 3.8) is 0 Å². The molecule has 4 heterocycles. The second-order valence-corrected chi connectivity index (χ2v) is 9.84. The number of anilines is 1. The predicted octanol–water partition coefficient (Wildman–Crippen LogP) is 3.76. The van der Waals surface area contributed by atoms with Crippen molar-refractivity contribution >= 4 is 59.2 Å². The first-order valence-corrected chi connectivity index (χ1v) is 12.6. The maximum Gasteiger partial charge on any atom is 0.235 e. The molecule has 1 unspecified atom stereocenters. The number of nitrogens with one attached hydrogen (secondary N) is 2. The third-order valence-corrected chi connectivity index (χ3v) is 7.48. The van der Waals surface area contributed by atoms with E-state index in [4.69, 9.17) is 4.74 Å². The van der Waals surface area contributed by atoms with Crippen LogP contribution in [0, 0.1) is 0 Å². The van der Waals surface area contributed by atoms with Crippen LogP contribution in [-0.2, 0) is 11.3 Å². The molecule has 2 aliphatic heterocycles. The first-order chi connectivity index (χ1) is 17.0. The molecule has 200 valence electrons. The van der Waals surface area contributed by atoms with Gasteiger partial charge in [0.05, 0.1) is 35.1 Å². The van der Waals surface area contributed by atoms with E-state index in [1.54, 1.807) is 13.2 Å². The first kappa shape index (κ1) is 29.3. The van der Waals surface area contributed by atoms with Gasteiger partial charge in [-0.1, -0.05) is 18.2 Å². The van der Waals surface area contributed by atoms with Crippen LogP contribution in [0.3, 0.4) is 0 Å². The predicted molar refractivity (Wildman–Crippen MR) is 148 cm³/mol. The molecule has 1 aromatic carbocycles. The fourth-order valence-electron chi connectivity index (χ4n) is 4.58. The molecule has 8 nitrogen and oxygen atoms in total. The van der Waals surface area contributed by atoms with Gasteiger partial charge in [0.25, 0.3) is 0 Å². The number of benzene rings is 1. The van der Waals surface area contributed by atoms with Gasteiger partial charge in [-0.3, -0.25) is 9.69 Å². The van der Waals surface area contributed by atoms with E-state index in [9.17, 15) is 9.90 Å². The van der Waals surface area contributed by atoms with Gasteiger partial charge < -0.3 is 20.5 Å². The molecule has 0 radical (unpaired) electrons. The van der Waals surface area contributed by atoms with Crippen molar-refractivity contribution in [2.45, 2.75) is 36.2 Å². The van der Waals surface area contributed by atoms with Crippen molar-refractivity contribution in [1.82, 2.24) is 20.2 Å². The summed E-state index contributed by atoms with van der Waals surface area (Å²) < 4.78 is 20.3. The highest BCUT2D eigenvalue weighted by Gasteiger charge is 2.30. The monoisotopic (exact) mass is 569 g/mol. The highest BCUT2D eigenvalue weighted by Crippen LogP contribution is 2.30. The number of ether oxygens (including phenoxy) is 1. The zero-order chi connectivity index (χ0) is 24.4. The number of aliphatic hydroxyl groups is 1. The quantitative estimate of drug-likeness (QED) is 0.395. The van der Waals surface area contributed by atoms with Crippen LogP contribution in [0.4, 0.5) is 10.2 Å². The smallest absolute Gasteiger partial charge is 0.235 e. The number of thioether (sulfide) groups is 1. The Morgan fingerprint density at radius 2 is 2.08 bits per heavy atom. The molecule has 0 aliphatic carbocycles. The maximum absolute atomic E-state index is 15.0. The Morgan fingerprint density at radius 1 is 1.24 bits per heavy atom. The molecule has 2 aromatic heterocycles. The number of carbonyl (C=O) groups excluding carboxylic acids is 1. The van der Waals surface area contributed by atoms with E-state index in [2.05, 4.69) is 20.6 Å². The van der Waals surface area contributed by atoms with Gasteiger partial charge in [0.2, 0.25) is 11.8 Å². The molecule has 3 aromatic rings. The Kier molecular flexibility index (Phi) is 10.3. The van der Waals surface area contributed by atoms with Crippen LogP contribution in [-0.4, -0.2) is 70.6 Å². The lowest BCUT2D eigenvalue weighted by atomic mass is 10.0. The number of alkyl halides is 1. The molecule has 1 amide bonds. The Labute approximate surface area is 231 Å². The summed E-state index contributed by atoms with van der Waals surface area (Å²) in [6.07, 6.45) is -1.25. The van der Waals surface area contributed by atoms with Crippen LogP contribution in [0.1, 0.15) is 23.8 Å². The molecule has 3 N–H and O–H groups in total. The number of piperidine rings is 1. The van der Waals surface area contributed by atoms with Crippen molar-refractivity contribution in [2.75, 3.05) is 37.8 Å². The van der Waals surface area contributed by atoms with Crippen LogP contribution < -0.4 is 15.4 Å². The number of nitrogens with zero attached hydrogens (tertiary/aromatic N) is 3. The van der Waals surface area contributed by atoms with Gasteiger partial charge in [-0.2, -0.15) is 0 Å². The third-order valence-electron chi connectivity index (χ3n) is 6.43. The average molecular weight is 571 g/mol. The Hall–Kier alpha value is -2.21. The Bertz CT molecular complexity index is 1240. The number of amides is 1. The molecule has 5 rings (SSSR count). The molecule has 1 saturated heterocycles. The highest BCUT2D eigenvalue weighted by atomic mass is 35.5. The topological polar surface area (TPSA) is 99.6 Å². The lowest BCUT2D eigenvalue weighted by molar-refractivity contribution is -0.113. The normalized spacial score (nSPS) is 20.2. The second-order valence-electron chi connectivity index (χ2n) is 8.83. The standard InChI is InChI=1S/C25H28FN5O3S.2ClH/c1-34-23-8-5-15-3-2-4-17(24(15)30-23)20(32)13-31-10-9-19(18(26)12-31)27-11-16-6-7-21-25(28-16)29-22(33)14-35-21;;/h2-8,18-20,27,32H,9-14H2,1H3,(H,28,29,33);2*1H/t18-,19+,20?;;/m0../s1. The van der Waals surface area contributed by atoms with Crippen LogP contribution in [0.2, 0.25) is 0 Å². The lowest BCUT2D eigenvalue weighted by Crippen LogP contribution is -2.51. The maximum atomic E-state index is 15.0. The van der Waals surface area contributed by atoms with Crippen molar-refractivity contribution in [3.8, 4) is 5.88 Å². The molecule has 12 heteroatoms. The summed E-state index contributed by atoms with van der Waals surface area (Å²) in [6, 6.07) is 12.9. The van der Waals surface area contributed by atoms with E-state index < -0.39 is 12.3 Å². The lowest BCUT2D eigenvalue weighted by Gasteiger charge is -2.36. The van der Waals surface area contributed by atoms with Crippen LogP contribution in [0.25, 0.3) is 10.9 Å². The molecular formula is C25H30Cl2FN5O3S. The minimum absolute atomic E-state index is 0. The van der Waals surface area contributed by atoms with Crippen molar-refractivity contribution in [2.24, 2.45) is 0 Å². The molecule has 1 fully saturated rings.